The average molecular weight is 333 g/mol. The highest BCUT2D eigenvalue weighted by Crippen LogP contribution is 2.38. The van der Waals surface area contributed by atoms with Crippen LogP contribution in [-0.4, -0.2) is 16.8 Å². The number of aliphatic imine (C=N–C) groups is 1. The lowest BCUT2D eigenvalue weighted by Gasteiger charge is -2.10. The molecule has 1 N–H and O–H groups in total. The fourth-order valence-corrected chi connectivity index (χ4v) is 2.70. The second-order valence-corrected chi connectivity index (χ2v) is 5.55. The van der Waals surface area contributed by atoms with Crippen LogP contribution in [0.2, 0.25) is 0 Å². The molecule has 1 aliphatic rings. The van der Waals surface area contributed by atoms with E-state index in [1.807, 2.05) is 18.2 Å². The van der Waals surface area contributed by atoms with Crippen molar-refractivity contribution >= 4 is 17.4 Å². The zero-order valence-electron chi connectivity index (χ0n) is 12.9. The molecule has 0 saturated heterocycles. The Kier molecular flexibility index (Phi) is 3.54. The molecular weight excluding hydrogens is 321 g/mol. The number of hydrogen-bond acceptors (Lipinski definition) is 3. The van der Waals surface area contributed by atoms with E-state index in [9.17, 15) is 9.18 Å². The molecule has 3 aromatic rings. The van der Waals surface area contributed by atoms with Gasteiger partial charge in [-0.15, -0.1) is 0 Å². The summed E-state index contributed by atoms with van der Waals surface area (Å²) in [5.74, 6) is -0.336. The van der Waals surface area contributed by atoms with Crippen LogP contribution in [0.1, 0.15) is 21.5 Å². The summed E-state index contributed by atoms with van der Waals surface area (Å²) in [7, 11) is 0. The van der Waals surface area contributed by atoms with Crippen LogP contribution in [0.4, 0.5) is 10.1 Å². The number of para-hydroxylation sites is 2. The standard InChI is InChI=1S/C20H12FNO3/c21-14-9-10-17-15(11-14)19(12-5-7-13(8-6-12)20(23)24)22-16-3-1-2-4-18(16)25-17/h1-11H,(H,23,24). The molecule has 25 heavy (non-hydrogen) atoms. The van der Waals surface area contributed by atoms with Crippen molar-refractivity contribution in [1.82, 2.24) is 0 Å². The van der Waals surface area contributed by atoms with E-state index in [0.29, 0.717) is 34.0 Å². The van der Waals surface area contributed by atoms with Crippen LogP contribution in [0, 0.1) is 5.82 Å². The number of halogens is 1. The highest BCUT2D eigenvalue weighted by molar-refractivity contribution is 6.16. The van der Waals surface area contributed by atoms with Gasteiger partial charge in [0.25, 0.3) is 0 Å². The Hall–Kier alpha value is -3.47. The molecule has 0 aliphatic carbocycles. The Morgan fingerprint density at radius 3 is 2.48 bits per heavy atom. The van der Waals surface area contributed by atoms with Gasteiger partial charge in [-0.2, -0.15) is 0 Å². The second kappa shape index (κ2) is 5.87. The van der Waals surface area contributed by atoms with Crippen molar-refractivity contribution in [3.05, 3.63) is 89.2 Å². The van der Waals surface area contributed by atoms with Crippen molar-refractivity contribution < 1.29 is 19.0 Å². The number of rotatable bonds is 2. The summed E-state index contributed by atoms with van der Waals surface area (Å²) in [5.41, 5.74) is 2.51. The van der Waals surface area contributed by atoms with Gasteiger partial charge in [0.2, 0.25) is 0 Å². The summed E-state index contributed by atoms with van der Waals surface area (Å²) < 4.78 is 19.7. The molecule has 0 bridgehead atoms. The van der Waals surface area contributed by atoms with E-state index < -0.39 is 11.8 Å². The van der Waals surface area contributed by atoms with Crippen LogP contribution >= 0.6 is 0 Å². The van der Waals surface area contributed by atoms with Crippen molar-refractivity contribution in [3.8, 4) is 11.5 Å². The zero-order chi connectivity index (χ0) is 17.4. The number of carbonyl (C=O) groups is 1. The van der Waals surface area contributed by atoms with Gasteiger partial charge >= 0.3 is 5.97 Å². The molecule has 1 heterocycles. The van der Waals surface area contributed by atoms with Gasteiger partial charge in [-0.05, 0) is 42.5 Å². The van der Waals surface area contributed by atoms with Crippen LogP contribution in [-0.2, 0) is 0 Å². The monoisotopic (exact) mass is 333 g/mol. The Morgan fingerprint density at radius 1 is 0.960 bits per heavy atom. The molecule has 0 unspecified atom stereocenters. The number of aromatic carboxylic acids is 1. The molecule has 0 radical (unpaired) electrons. The maximum Gasteiger partial charge on any atom is 0.335 e. The van der Waals surface area contributed by atoms with E-state index in [-0.39, 0.29) is 5.56 Å². The number of fused-ring (bicyclic) bond motifs is 2. The first kappa shape index (κ1) is 15.1. The summed E-state index contributed by atoms with van der Waals surface area (Å²) in [5, 5.41) is 9.06. The van der Waals surface area contributed by atoms with Crippen LogP contribution in [0.3, 0.4) is 0 Å². The fourth-order valence-electron chi connectivity index (χ4n) is 2.70. The molecule has 0 saturated carbocycles. The van der Waals surface area contributed by atoms with Gasteiger partial charge in [0.1, 0.15) is 17.3 Å². The van der Waals surface area contributed by atoms with Crippen molar-refractivity contribution in [1.29, 1.82) is 0 Å². The lowest BCUT2D eigenvalue weighted by molar-refractivity contribution is 0.0697. The van der Waals surface area contributed by atoms with E-state index in [0.717, 1.165) is 0 Å². The van der Waals surface area contributed by atoms with Crippen molar-refractivity contribution in [2.24, 2.45) is 4.99 Å². The van der Waals surface area contributed by atoms with Gasteiger partial charge in [0, 0.05) is 11.1 Å². The average Bonchev–Trinajstić information content (AvgIpc) is 2.78. The molecule has 0 spiro atoms. The first-order valence-corrected chi connectivity index (χ1v) is 7.61. The van der Waals surface area contributed by atoms with Crippen LogP contribution in [0.15, 0.2) is 71.7 Å². The molecule has 3 aromatic carbocycles. The quantitative estimate of drug-likeness (QED) is 0.573. The molecule has 0 aromatic heterocycles. The number of hydrogen-bond donors (Lipinski definition) is 1. The van der Waals surface area contributed by atoms with Gasteiger partial charge in [0.15, 0.2) is 5.75 Å². The van der Waals surface area contributed by atoms with Crippen LogP contribution < -0.4 is 4.74 Å². The first-order valence-electron chi connectivity index (χ1n) is 7.61. The lowest BCUT2D eigenvalue weighted by Crippen LogP contribution is -2.05. The summed E-state index contributed by atoms with van der Waals surface area (Å²) in [6.07, 6.45) is 0. The van der Waals surface area contributed by atoms with Gasteiger partial charge in [-0.3, -0.25) is 0 Å². The minimum Gasteiger partial charge on any atom is -0.478 e. The third-order valence-corrected chi connectivity index (χ3v) is 3.92. The Balaban J connectivity index is 1.93. The van der Waals surface area contributed by atoms with Crippen LogP contribution in [0.5, 0.6) is 11.5 Å². The Labute approximate surface area is 142 Å². The molecule has 4 nitrogen and oxygen atoms in total. The van der Waals surface area contributed by atoms with E-state index in [1.54, 1.807) is 24.3 Å². The van der Waals surface area contributed by atoms with Crippen LogP contribution in [0.25, 0.3) is 0 Å². The van der Waals surface area contributed by atoms with Crippen molar-refractivity contribution in [2.75, 3.05) is 0 Å². The fraction of sp³-hybridized carbons (Fsp3) is 0. The molecule has 1 aliphatic heterocycles. The normalized spacial score (nSPS) is 12.3. The molecule has 0 fully saturated rings. The molecule has 0 atom stereocenters. The molecule has 5 heteroatoms. The maximum atomic E-state index is 13.8. The number of carboxylic acid groups (broad SMARTS) is 1. The molecule has 0 amide bonds. The minimum atomic E-state index is -1.01. The summed E-state index contributed by atoms with van der Waals surface area (Å²) in [6.45, 7) is 0. The third kappa shape index (κ3) is 2.76. The third-order valence-electron chi connectivity index (χ3n) is 3.92. The highest BCUT2D eigenvalue weighted by Gasteiger charge is 2.20. The summed E-state index contributed by atoms with van der Waals surface area (Å²) in [6, 6.07) is 17.9. The predicted octanol–water partition coefficient (Wildman–Crippen LogP) is 4.80. The minimum absolute atomic E-state index is 0.175. The molecular formula is C20H12FNO3. The molecule has 4 rings (SSSR count). The number of ether oxygens (including phenoxy) is 1. The van der Waals surface area contributed by atoms with E-state index in [4.69, 9.17) is 9.84 Å². The largest absolute Gasteiger partial charge is 0.478 e. The van der Waals surface area contributed by atoms with Crippen molar-refractivity contribution in [2.45, 2.75) is 0 Å². The van der Waals surface area contributed by atoms with Gasteiger partial charge in [0.05, 0.1) is 11.3 Å². The lowest BCUT2D eigenvalue weighted by atomic mass is 10.00. The van der Waals surface area contributed by atoms with Gasteiger partial charge in [-0.25, -0.2) is 14.2 Å². The van der Waals surface area contributed by atoms with E-state index >= 15 is 0 Å². The second-order valence-electron chi connectivity index (χ2n) is 5.55. The zero-order valence-corrected chi connectivity index (χ0v) is 12.9. The SMILES string of the molecule is O=C(O)c1ccc(C2=Nc3ccccc3Oc3ccc(F)cc32)cc1. The maximum absolute atomic E-state index is 13.8. The smallest absolute Gasteiger partial charge is 0.335 e. The van der Waals surface area contributed by atoms with E-state index in [2.05, 4.69) is 4.99 Å². The Morgan fingerprint density at radius 2 is 1.72 bits per heavy atom. The predicted molar refractivity (Wildman–Crippen MR) is 91.6 cm³/mol. The highest BCUT2D eigenvalue weighted by atomic mass is 19.1. The number of benzene rings is 3. The van der Waals surface area contributed by atoms with E-state index in [1.165, 1.54) is 24.3 Å². The summed E-state index contributed by atoms with van der Waals surface area (Å²) in [4.78, 5) is 15.7. The summed E-state index contributed by atoms with van der Waals surface area (Å²) >= 11 is 0. The molecule has 122 valence electrons. The van der Waals surface area contributed by atoms with Gasteiger partial charge in [-0.1, -0.05) is 24.3 Å². The first-order chi connectivity index (χ1) is 12.1. The topological polar surface area (TPSA) is 58.9 Å². The Bertz CT molecular complexity index is 1010. The van der Waals surface area contributed by atoms with Crippen molar-refractivity contribution in [3.63, 3.8) is 0 Å². The van der Waals surface area contributed by atoms with Gasteiger partial charge < -0.3 is 9.84 Å². The number of nitrogens with zero attached hydrogens (tertiary/aromatic N) is 1. The number of carboxylic acids is 1.